The predicted molar refractivity (Wildman–Crippen MR) is 61.4 cm³/mol. The van der Waals surface area contributed by atoms with E-state index in [1.54, 1.807) is 6.07 Å². The molecular formula is C12H17NO2. The quantitative estimate of drug-likeness (QED) is 0.799. The normalized spacial score (nSPS) is 10.4. The smallest absolute Gasteiger partial charge is 0.409 e. The van der Waals surface area contributed by atoms with Gasteiger partial charge in [-0.1, -0.05) is 19.9 Å². The lowest BCUT2D eigenvalue weighted by Crippen LogP contribution is -2.08. The number of carboxylic acid groups (broad SMARTS) is 1. The number of carbonyl (C=O) groups is 1. The largest absolute Gasteiger partial charge is 0.465 e. The molecule has 2 N–H and O–H groups in total. The minimum atomic E-state index is -1.02. The summed E-state index contributed by atoms with van der Waals surface area (Å²) in [4.78, 5) is 10.5. The Hall–Kier alpha value is -1.51. The molecule has 0 fully saturated rings. The summed E-state index contributed by atoms with van der Waals surface area (Å²) in [6.07, 6.45) is -0.0459. The maximum Gasteiger partial charge on any atom is 0.409 e. The molecule has 0 aromatic heterocycles. The molecule has 1 amide bonds. The second-order valence-corrected chi connectivity index (χ2v) is 4.17. The Labute approximate surface area is 90.1 Å². The van der Waals surface area contributed by atoms with Crippen molar-refractivity contribution in [2.24, 2.45) is 5.92 Å². The van der Waals surface area contributed by atoms with Crippen molar-refractivity contribution in [3.63, 3.8) is 0 Å². The highest BCUT2D eigenvalue weighted by molar-refractivity contribution is 5.83. The zero-order valence-electron chi connectivity index (χ0n) is 9.37. The van der Waals surface area contributed by atoms with Crippen LogP contribution in [0.5, 0.6) is 0 Å². The molecule has 0 aliphatic heterocycles. The van der Waals surface area contributed by atoms with Crippen LogP contribution in [-0.2, 0) is 6.42 Å². The molecule has 82 valence electrons. The van der Waals surface area contributed by atoms with E-state index in [1.807, 2.05) is 19.1 Å². The third kappa shape index (κ3) is 3.62. The Morgan fingerprint density at radius 3 is 2.67 bits per heavy atom. The molecule has 1 rings (SSSR count). The SMILES string of the molecule is Cc1ccc(NC(=O)O)cc1CC(C)C. The van der Waals surface area contributed by atoms with Crippen molar-refractivity contribution < 1.29 is 9.90 Å². The monoisotopic (exact) mass is 207 g/mol. The van der Waals surface area contributed by atoms with Gasteiger partial charge < -0.3 is 5.11 Å². The summed E-state index contributed by atoms with van der Waals surface area (Å²) in [5, 5.41) is 11.0. The van der Waals surface area contributed by atoms with Crippen molar-refractivity contribution in [2.45, 2.75) is 27.2 Å². The van der Waals surface area contributed by atoms with E-state index in [0.29, 0.717) is 11.6 Å². The predicted octanol–water partition coefficient (Wildman–Crippen LogP) is 3.28. The molecule has 0 radical (unpaired) electrons. The van der Waals surface area contributed by atoms with Crippen molar-refractivity contribution in [1.29, 1.82) is 0 Å². The van der Waals surface area contributed by atoms with Crippen LogP contribution >= 0.6 is 0 Å². The van der Waals surface area contributed by atoms with Gasteiger partial charge in [0.2, 0.25) is 0 Å². The van der Waals surface area contributed by atoms with Crippen LogP contribution in [0.1, 0.15) is 25.0 Å². The van der Waals surface area contributed by atoms with E-state index >= 15 is 0 Å². The number of hydrogen-bond acceptors (Lipinski definition) is 1. The first-order valence-electron chi connectivity index (χ1n) is 5.08. The number of rotatable bonds is 3. The van der Waals surface area contributed by atoms with Gasteiger partial charge in [-0.15, -0.1) is 0 Å². The highest BCUT2D eigenvalue weighted by Gasteiger charge is 2.04. The molecule has 0 saturated heterocycles. The Bertz CT molecular complexity index is 359. The van der Waals surface area contributed by atoms with Crippen molar-refractivity contribution in [3.05, 3.63) is 29.3 Å². The zero-order valence-corrected chi connectivity index (χ0v) is 9.37. The van der Waals surface area contributed by atoms with Crippen molar-refractivity contribution >= 4 is 11.8 Å². The minimum absolute atomic E-state index is 0.573. The molecule has 0 unspecified atom stereocenters. The van der Waals surface area contributed by atoms with Crippen LogP contribution < -0.4 is 5.32 Å². The summed E-state index contributed by atoms with van der Waals surface area (Å²) in [6.45, 7) is 6.34. The second-order valence-electron chi connectivity index (χ2n) is 4.17. The van der Waals surface area contributed by atoms with E-state index in [2.05, 4.69) is 19.2 Å². The van der Waals surface area contributed by atoms with Gasteiger partial charge in [0, 0.05) is 5.69 Å². The Balaban J connectivity index is 2.89. The number of hydrogen-bond donors (Lipinski definition) is 2. The molecular weight excluding hydrogens is 190 g/mol. The van der Waals surface area contributed by atoms with Crippen LogP contribution in [0.3, 0.4) is 0 Å². The standard InChI is InChI=1S/C12H17NO2/c1-8(2)6-10-7-11(13-12(14)15)5-4-9(10)3/h4-5,7-8,13H,6H2,1-3H3,(H,14,15). The average molecular weight is 207 g/mol. The lowest BCUT2D eigenvalue weighted by Gasteiger charge is -2.10. The first-order chi connectivity index (χ1) is 6.99. The van der Waals surface area contributed by atoms with Gasteiger partial charge in [0.05, 0.1) is 0 Å². The Kier molecular flexibility index (Phi) is 3.72. The molecule has 0 heterocycles. The molecule has 0 atom stereocenters. The fourth-order valence-corrected chi connectivity index (χ4v) is 1.53. The number of aryl methyl sites for hydroxylation is 1. The van der Waals surface area contributed by atoms with Gasteiger partial charge in [-0.25, -0.2) is 4.79 Å². The molecule has 0 bridgehead atoms. The van der Waals surface area contributed by atoms with Crippen LogP contribution in [0.4, 0.5) is 10.5 Å². The number of anilines is 1. The van der Waals surface area contributed by atoms with Crippen LogP contribution in [0.2, 0.25) is 0 Å². The van der Waals surface area contributed by atoms with Crippen molar-refractivity contribution in [1.82, 2.24) is 0 Å². The molecule has 15 heavy (non-hydrogen) atoms. The van der Waals surface area contributed by atoms with Crippen LogP contribution in [0, 0.1) is 12.8 Å². The lowest BCUT2D eigenvalue weighted by atomic mass is 9.98. The summed E-state index contributed by atoms with van der Waals surface area (Å²) >= 11 is 0. The van der Waals surface area contributed by atoms with Crippen molar-refractivity contribution in [3.8, 4) is 0 Å². The second kappa shape index (κ2) is 4.82. The van der Waals surface area contributed by atoms with Gasteiger partial charge in [0.1, 0.15) is 0 Å². The highest BCUT2D eigenvalue weighted by Crippen LogP contribution is 2.18. The van der Waals surface area contributed by atoms with Gasteiger partial charge >= 0.3 is 6.09 Å². The number of amides is 1. The molecule has 1 aromatic carbocycles. The first-order valence-corrected chi connectivity index (χ1v) is 5.08. The van der Waals surface area contributed by atoms with E-state index in [9.17, 15) is 4.79 Å². The summed E-state index contributed by atoms with van der Waals surface area (Å²) < 4.78 is 0. The Morgan fingerprint density at radius 2 is 2.13 bits per heavy atom. The van der Waals surface area contributed by atoms with Crippen molar-refractivity contribution in [2.75, 3.05) is 5.32 Å². The number of benzene rings is 1. The van der Waals surface area contributed by atoms with Gasteiger partial charge in [-0.2, -0.15) is 0 Å². The van der Waals surface area contributed by atoms with Gasteiger partial charge in [-0.3, -0.25) is 5.32 Å². The third-order valence-corrected chi connectivity index (χ3v) is 2.23. The van der Waals surface area contributed by atoms with Gasteiger partial charge in [0.15, 0.2) is 0 Å². The van der Waals surface area contributed by atoms with E-state index < -0.39 is 6.09 Å². The van der Waals surface area contributed by atoms with E-state index in [-0.39, 0.29) is 0 Å². The van der Waals surface area contributed by atoms with Gasteiger partial charge in [-0.05, 0) is 42.5 Å². The first kappa shape index (κ1) is 11.6. The van der Waals surface area contributed by atoms with Gasteiger partial charge in [0.25, 0.3) is 0 Å². The zero-order chi connectivity index (χ0) is 11.4. The molecule has 0 saturated carbocycles. The van der Waals surface area contributed by atoms with Crippen LogP contribution in [-0.4, -0.2) is 11.2 Å². The van der Waals surface area contributed by atoms with Crippen LogP contribution in [0.25, 0.3) is 0 Å². The number of nitrogens with one attached hydrogen (secondary N) is 1. The minimum Gasteiger partial charge on any atom is -0.465 e. The highest BCUT2D eigenvalue weighted by atomic mass is 16.4. The summed E-state index contributed by atoms with van der Waals surface area (Å²) in [5.74, 6) is 0.573. The Morgan fingerprint density at radius 1 is 1.47 bits per heavy atom. The summed E-state index contributed by atoms with van der Waals surface area (Å²) in [5.41, 5.74) is 3.06. The maximum atomic E-state index is 10.5. The summed E-state index contributed by atoms with van der Waals surface area (Å²) in [6, 6.07) is 5.64. The third-order valence-electron chi connectivity index (χ3n) is 2.23. The lowest BCUT2D eigenvalue weighted by molar-refractivity contribution is 0.210. The molecule has 1 aromatic rings. The van der Waals surface area contributed by atoms with Crippen LogP contribution in [0.15, 0.2) is 18.2 Å². The maximum absolute atomic E-state index is 10.5. The molecule has 3 heteroatoms. The van der Waals surface area contributed by atoms with E-state index in [1.165, 1.54) is 11.1 Å². The molecule has 0 spiro atoms. The molecule has 3 nitrogen and oxygen atoms in total. The molecule has 0 aliphatic rings. The van der Waals surface area contributed by atoms with E-state index in [4.69, 9.17) is 5.11 Å². The average Bonchev–Trinajstić information content (AvgIpc) is 2.09. The summed E-state index contributed by atoms with van der Waals surface area (Å²) in [7, 11) is 0. The molecule has 0 aliphatic carbocycles. The fraction of sp³-hybridized carbons (Fsp3) is 0.417. The fourth-order valence-electron chi connectivity index (χ4n) is 1.53. The topological polar surface area (TPSA) is 49.3 Å². The van der Waals surface area contributed by atoms with E-state index in [0.717, 1.165) is 6.42 Å².